The molecule has 0 heterocycles. The van der Waals surface area contributed by atoms with E-state index in [-0.39, 0.29) is 0 Å². The molecule has 4 heteroatoms. The van der Waals surface area contributed by atoms with Crippen molar-refractivity contribution >= 4 is 0 Å². The average Bonchev–Trinajstić information content (AvgIpc) is 2.94. The van der Waals surface area contributed by atoms with Gasteiger partial charge in [0.2, 0.25) is 0 Å². The fourth-order valence-corrected chi connectivity index (χ4v) is 3.93. The van der Waals surface area contributed by atoms with Gasteiger partial charge < -0.3 is 19.5 Å². The van der Waals surface area contributed by atoms with Gasteiger partial charge in [-0.15, -0.1) is 0 Å². The van der Waals surface area contributed by atoms with Gasteiger partial charge in [-0.1, -0.05) is 23.8 Å². The highest BCUT2D eigenvalue weighted by Gasteiger charge is 2.15. The summed E-state index contributed by atoms with van der Waals surface area (Å²) in [5.41, 5.74) is 5.60. The van der Waals surface area contributed by atoms with Crippen molar-refractivity contribution in [1.29, 1.82) is 0 Å². The van der Waals surface area contributed by atoms with Gasteiger partial charge >= 0.3 is 0 Å². The molecule has 0 unspecified atom stereocenters. The topological polar surface area (TPSA) is 41.9 Å². The first kappa shape index (κ1) is 21.3. The number of phenols is 1. The van der Waals surface area contributed by atoms with Crippen LogP contribution in [0.15, 0.2) is 48.0 Å². The maximum Gasteiger partial charge on any atom is 0.161 e. The van der Waals surface area contributed by atoms with Gasteiger partial charge in [-0.3, -0.25) is 0 Å². The Bertz CT molecular complexity index is 790. The highest BCUT2D eigenvalue weighted by Crippen LogP contribution is 2.34. The number of ether oxygens (including phenoxy) is 2. The van der Waals surface area contributed by atoms with Gasteiger partial charge in [-0.05, 0) is 86.5 Å². The van der Waals surface area contributed by atoms with E-state index in [2.05, 4.69) is 30.2 Å². The number of hydrogen-bond acceptors (Lipinski definition) is 4. The maximum atomic E-state index is 9.37. The minimum Gasteiger partial charge on any atom is -0.508 e. The van der Waals surface area contributed by atoms with Crippen molar-refractivity contribution in [3.8, 4) is 17.2 Å². The first-order valence-electron chi connectivity index (χ1n) is 10.5. The van der Waals surface area contributed by atoms with E-state index in [9.17, 15) is 5.11 Å². The molecule has 0 spiro atoms. The SMILES string of the molecule is COc1cc2c(cc1OC)CCC(=CCCN(C)CCc1ccc(O)cc1)CC2. The summed E-state index contributed by atoms with van der Waals surface area (Å²) in [4.78, 5) is 2.38. The highest BCUT2D eigenvalue weighted by molar-refractivity contribution is 5.48. The van der Waals surface area contributed by atoms with Crippen molar-refractivity contribution in [2.24, 2.45) is 0 Å². The number of phenolic OH excluding ortho intramolecular Hbond substituents is 1. The zero-order valence-corrected chi connectivity index (χ0v) is 17.9. The Morgan fingerprint density at radius 1 is 0.897 bits per heavy atom. The van der Waals surface area contributed by atoms with E-state index in [0.717, 1.165) is 63.1 Å². The van der Waals surface area contributed by atoms with Gasteiger partial charge in [0.15, 0.2) is 11.5 Å². The van der Waals surface area contributed by atoms with Crippen molar-refractivity contribution in [2.45, 2.75) is 38.5 Å². The number of hydrogen-bond donors (Lipinski definition) is 1. The Morgan fingerprint density at radius 2 is 1.48 bits per heavy atom. The van der Waals surface area contributed by atoms with E-state index < -0.39 is 0 Å². The van der Waals surface area contributed by atoms with Gasteiger partial charge in [0, 0.05) is 13.1 Å². The molecule has 0 bridgehead atoms. The molecule has 0 atom stereocenters. The number of likely N-dealkylation sites (N-methyl/N-ethyl adjacent to an activating group) is 1. The van der Waals surface area contributed by atoms with Crippen LogP contribution in [-0.2, 0) is 19.3 Å². The van der Waals surface area contributed by atoms with Gasteiger partial charge in [0.05, 0.1) is 14.2 Å². The molecule has 0 amide bonds. The fraction of sp³-hybridized carbons (Fsp3) is 0.440. The molecule has 156 valence electrons. The Balaban J connectivity index is 1.48. The molecular formula is C25H33NO3. The van der Waals surface area contributed by atoms with Crippen molar-refractivity contribution in [3.63, 3.8) is 0 Å². The Labute approximate surface area is 174 Å². The van der Waals surface area contributed by atoms with E-state index in [1.54, 1.807) is 31.9 Å². The van der Waals surface area contributed by atoms with Crippen LogP contribution in [0.1, 0.15) is 36.0 Å². The van der Waals surface area contributed by atoms with E-state index in [1.165, 1.54) is 16.7 Å². The lowest BCUT2D eigenvalue weighted by atomic mass is 10.0. The van der Waals surface area contributed by atoms with Crippen molar-refractivity contribution in [2.75, 3.05) is 34.4 Å². The van der Waals surface area contributed by atoms with Crippen LogP contribution in [0, 0.1) is 0 Å². The van der Waals surface area contributed by atoms with E-state index in [0.29, 0.717) is 5.75 Å². The minimum absolute atomic E-state index is 0.330. The largest absolute Gasteiger partial charge is 0.508 e. The monoisotopic (exact) mass is 395 g/mol. The van der Waals surface area contributed by atoms with Crippen LogP contribution in [0.4, 0.5) is 0 Å². The molecule has 0 fully saturated rings. The minimum atomic E-state index is 0.330. The van der Waals surface area contributed by atoms with E-state index >= 15 is 0 Å². The Hall–Kier alpha value is -2.46. The van der Waals surface area contributed by atoms with Crippen LogP contribution >= 0.6 is 0 Å². The normalized spacial score (nSPS) is 13.7. The molecule has 0 aromatic heterocycles. The molecule has 29 heavy (non-hydrogen) atoms. The smallest absolute Gasteiger partial charge is 0.161 e. The summed E-state index contributed by atoms with van der Waals surface area (Å²) >= 11 is 0. The van der Waals surface area contributed by atoms with Crippen molar-refractivity contribution < 1.29 is 14.6 Å². The molecule has 1 aliphatic rings. The van der Waals surface area contributed by atoms with Gasteiger partial charge in [-0.25, -0.2) is 0 Å². The summed E-state index contributed by atoms with van der Waals surface area (Å²) in [5.74, 6) is 1.99. The lowest BCUT2D eigenvalue weighted by Crippen LogP contribution is -2.22. The van der Waals surface area contributed by atoms with E-state index in [4.69, 9.17) is 9.47 Å². The standard InChI is InChI=1S/C25H33NO3/c1-26(16-14-20-8-12-23(27)13-9-20)15-4-5-19-6-10-21-17-24(28-2)25(29-3)18-22(21)11-7-19/h5,8-9,12-13,17-18,27H,4,6-7,10-11,14-16H2,1-3H3. The second kappa shape index (κ2) is 10.4. The lowest BCUT2D eigenvalue weighted by molar-refractivity contribution is 0.345. The average molecular weight is 396 g/mol. The highest BCUT2D eigenvalue weighted by atomic mass is 16.5. The number of aromatic hydroxyl groups is 1. The van der Waals surface area contributed by atoms with Crippen LogP contribution < -0.4 is 9.47 Å². The summed E-state index contributed by atoms with van der Waals surface area (Å²) < 4.78 is 10.9. The molecule has 3 rings (SSSR count). The summed E-state index contributed by atoms with van der Waals surface area (Å²) in [7, 11) is 5.58. The number of allylic oxidation sites excluding steroid dienone is 1. The first-order valence-corrected chi connectivity index (χ1v) is 10.5. The van der Waals surface area contributed by atoms with Crippen molar-refractivity contribution in [3.05, 3.63) is 64.7 Å². The lowest BCUT2D eigenvalue weighted by Gasteiger charge is -2.16. The second-order valence-corrected chi connectivity index (χ2v) is 7.85. The molecule has 2 aromatic carbocycles. The van der Waals surface area contributed by atoms with Crippen molar-refractivity contribution in [1.82, 2.24) is 4.90 Å². The molecular weight excluding hydrogens is 362 g/mol. The predicted octanol–water partition coefficient (Wildman–Crippen LogP) is 4.78. The zero-order chi connectivity index (χ0) is 20.6. The zero-order valence-electron chi connectivity index (χ0n) is 17.9. The molecule has 0 radical (unpaired) electrons. The van der Waals surface area contributed by atoms with Gasteiger partial charge in [-0.2, -0.15) is 0 Å². The maximum absolute atomic E-state index is 9.37. The summed E-state index contributed by atoms with van der Waals surface area (Å²) in [6.07, 6.45) is 8.92. The van der Waals surface area contributed by atoms with Gasteiger partial charge in [0.25, 0.3) is 0 Å². The van der Waals surface area contributed by atoms with Crippen LogP contribution in [0.5, 0.6) is 17.2 Å². The number of nitrogens with zero attached hydrogens (tertiary/aromatic N) is 1. The molecule has 0 saturated carbocycles. The first-order chi connectivity index (χ1) is 14.1. The Kier molecular flexibility index (Phi) is 7.59. The number of benzene rings is 2. The summed E-state index contributed by atoms with van der Waals surface area (Å²) in [5, 5.41) is 9.37. The third-order valence-corrected chi connectivity index (χ3v) is 5.80. The second-order valence-electron chi connectivity index (χ2n) is 7.85. The molecule has 4 nitrogen and oxygen atoms in total. The molecule has 1 aliphatic carbocycles. The predicted molar refractivity (Wildman–Crippen MR) is 118 cm³/mol. The third kappa shape index (κ3) is 6.01. The van der Waals surface area contributed by atoms with Crippen LogP contribution in [0.2, 0.25) is 0 Å². The summed E-state index contributed by atoms with van der Waals surface area (Å²) in [6.45, 7) is 2.09. The quantitative estimate of drug-likeness (QED) is 0.516. The number of rotatable bonds is 8. The van der Waals surface area contributed by atoms with Crippen LogP contribution in [0.25, 0.3) is 0 Å². The fourth-order valence-electron chi connectivity index (χ4n) is 3.93. The summed E-state index contributed by atoms with van der Waals surface area (Å²) in [6, 6.07) is 11.8. The number of methoxy groups -OCH3 is 2. The molecule has 0 aliphatic heterocycles. The number of aryl methyl sites for hydroxylation is 2. The molecule has 2 aromatic rings. The van der Waals surface area contributed by atoms with Gasteiger partial charge in [0.1, 0.15) is 5.75 Å². The Morgan fingerprint density at radius 3 is 2.03 bits per heavy atom. The third-order valence-electron chi connectivity index (χ3n) is 5.80. The number of fused-ring (bicyclic) bond motifs is 1. The molecule has 1 N–H and O–H groups in total. The van der Waals surface area contributed by atoms with Crippen LogP contribution in [-0.4, -0.2) is 44.4 Å². The van der Waals surface area contributed by atoms with E-state index in [1.807, 2.05) is 12.1 Å². The van der Waals surface area contributed by atoms with Crippen LogP contribution in [0.3, 0.4) is 0 Å². The molecule has 0 saturated heterocycles.